The monoisotopic (exact) mass is 576 g/mol. The van der Waals surface area contributed by atoms with Crippen LogP contribution in [-0.2, 0) is 0 Å². The van der Waals surface area contributed by atoms with Gasteiger partial charge in [0.15, 0.2) is 0 Å². The maximum Gasteiger partial charge on any atom is 0.128 e. The number of rotatable bonds is 3. The van der Waals surface area contributed by atoms with Gasteiger partial charge in [0.25, 0.3) is 0 Å². The normalized spacial score (nSPS) is 17.1. The zero-order chi connectivity index (χ0) is 29.5. The number of benzene rings is 6. The molecule has 2 atom stereocenters. The van der Waals surface area contributed by atoms with E-state index in [0.29, 0.717) is 0 Å². The molecule has 10 rings (SSSR count). The molecule has 1 aliphatic carbocycles. The first-order valence-electron chi connectivity index (χ1n) is 15.6. The van der Waals surface area contributed by atoms with Crippen molar-refractivity contribution in [2.75, 3.05) is 0 Å². The summed E-state index contributed by atoms with van der Waals surface area (Å²) in [4.78, 5) is 0. The third-order valence-electron chi connectivity index (χ3n) is 9.65. The molecule has 8 aromatic rings. The van der Waals surface area contributed by atoms with Crippen LogP contribution in [0.5, 0.6) is 5.75 Å². The summed E-state index contributed by atoms with van der Waals surface area (Å²) >= 11 is 0. The Morgan fingerprint density at radius 1 is 0.489 bits per heavy atom. The first-order chi connectivity index (χ1) is 22.3. The van der Waals surface area contributed by atoms with Gasteiger partial charge in [-0.1, -0.05) is 84.9 Å². The molecule has 2 aromatic heterocycles. The molecule has 0 bridgehead atoms. The fourth-order valence-corrected chi connectivity index (χ4v) is 7.63. The van der Waals surface area contributed by atoms with E-state index in [4.69, 9.17) is 4.74 Å². The number of para-hydroxylation sites is 4. The van der Waals surface area contributed by atoms with E-state index in [9.17, 15) is 0 Å². The van der Waals surface area contributed by atoms with Gasteiger partial charge < -0.3 is 13.9 Å². The van der Waals surface area contributed by atoms with Crippen molar-refractivity contribution in [1.29, 1.82) is 0 Å². The summed E-state index contributed by atoms with van der Waals surface area (Å²) in [6.07, 6.45) is 6.85. The molecule has 3 heterocycles. The molecule has 2 unspecified atom stereocenters. The van der Waals surface area contributed by atoms with Crippen LogP contribution in [0.4, 0.5) is 0 Å². The predicted molar refractivity (Wildman–Crippen MR) is 186 cm³/mol. The molecule has 45 heavy (non-hydrogen) atoms. The van der Waals surface area contributed by atoms with Gasteiger partial charge in [0.1, 0.15) is 11.9 Å². The highest BCUT2D eigenvalue weighted by Crippen LogP contribution is 2.46. The molecule has 0 fully saturated rings. The lowest BCUT2D eigenvalue weighted by atomic mass is 9.89. The van der Waals surface area contributed by atoms with E-state index in [1.165, 1.54) is 71.7 Å². The van der Waals surface area contributed by atoms with E-state index in [0.717, 1.165) is 5.75 Å². The van der Waals surface area contributed by atoms with Crippen molar-refractivity contribution in [3.05, 3.63) is 163 Å². The van der Waals surface area contributed by atoms with Crippen molar-refractivity contribution in [3.8, 4) is 22.6 Å². The lowest BCUT2D eigenvalue weighted by Gasteiger charge is -2.20. The summed E-state index contributed by atoms with van der Waals surface area (Å²) in [6.45, 7) is 0. The standard InChI is InChI=1S/C42H28N2O/c1-2-10-29(11-3-1)43-39-17-9-6-14-33(39)34-24-27(18-21-40(34)43)28-19-22-41-35(25-28)36-26-30(20-23-42(36)45-41)44-37-15-7-4-12-31(37)32-13-5-8-16-38(32)44/h1-26,36,42H. The molecular formula is C42H28N2O. The molecule has 0 N–H and O–H groups in total. The van der Waals surface area contributed by atoms with Crippen LogP contribution in [0.3, 0.4) is 0 Å². The Morgan fingerprint density at radius 3 is 1.80 bits per heavy atom. The highest BCUT2D eigenvalue weighted by atomic mass is 16.5. The average Bonchev–Trinajstić information content (AvgIpc) is 3.75. The quantitative estimate of drug-likeness (QED) is 0.205. The zero-order valence-electron chi connectivity index (χ0n) is 24.5. The second-order valence-corrected chi connectivity index (χ2v) is 12.1. The maximum absolute atomic E-state index is 6.48. The molecular weight excluding hydrogens is 548 g/mol. The second kappa shape index (κ2) is 9.35. The van der Waals surface area contributed by atoms with Crippen molar-refractivity contribution in [2.24, 2.45) is 0 Å². The molecule has 3 heteroatoms. The topological polar surface area (TPSA) is 19.1 Å². The van der Waals surface area contributed by atoms with Gasteiger partial charge in [0.05, 0.1) is 22.1 Å². The summed E-state index contributed by atoms with van der Waals surface area (Å²) in [5, 5.41) is 5.08. The van der Waals surface area contributed by atoms with Crippen LogP contribution in [-0.4, -0.2) is 15.2 Å². The van der Waals surface area contributed by atoms with Crippen molar-refractivity contribution in [2.45, 2.75) is 12.0 Å². The molecule has 2 aliphatic rings. The highest BCUT2D eigenvalue weighted by Gasteiger charge is 2.34. The smallest absolute Gasteiger partial charge is 0.128 e. The SMILES string of the molecule is C1=CC2Oc3ccc(-c4ccc5c(c4)c4ccccc4n5-c4ccccc4)cc3C2C=C1n1c2ccccc2c2ccccc21. The second-order valence-electron chi connectivity index (χ2n) is 12.1. The Labute approximate surface area is 260 Å². The molecule has 0 saturated heterocycles. The Hall–Kier alpha value is -5.80. The number of ether oxygens (including phenoxy) is 1. The molecule has 212 valence electrons. The number of fused-ring (bicyclic) bond motifs is 9. The van der Waals surface area contributed by atoms with Gasteiger partial charge in [-0.3, -0.25) is 0 Å². The minimum Gasteiger partial charge on any atom is -0.485 e. The molecule has 0 radical (unpaired) electrons. The summed E-state index contributed by atoms with van der Waals surface area (Å²) in [7, 11) is 0. The van der Waals surface area contributed by atoms with Crippen LogP contribution < -0.4 is 4.74 Å². The van der Waals surface area contributed by atoms with Crippen LogP contribution >= 0.6 is 0 Å². The Bertz CT molecular complexity index is 2470. The Kier molecular flexibility index (Phi) is 5.11. The molecule has 6 aromatic carbocycles. The number of hydrogen-bond donors (Lipinski definition) is 0. The predicted octanol–water partition coefficient (Wildman–Crippen LogP) is 10.5. The largest absolute Gasteiger partial charge is 0.485 e. The van der Waals surface area contributed by atoms with E-state index >= 15 is 0 Å². The van der Waals surface area contributed by atoms with E-state index in [2.05, 4.69) is 167 Å². The number of allylic oxidation sites excluding steroid dienone is 2. The van der Waals surface area contributed by atoms with Gasteiger partial charge in [-0.25, -0.2) is 0 Å². The number of hydrogen-bond acceptors (Lipinski definition) is 1. The molecule has 1 aliphatic heterocycles. The van der Waals surface area contributed by atoms with Crippen molar-refractivity contribution in [1.82, 2.24) is 9.13 Å². The van der Waals surface area contributed by atoms with Gasteiger partial charge >= 0.3 is 0 Å². The van der Waals surface area contributed by atoms with Crippen LogP contribution in [0.25, 0.3) is 66.1 Å². The fourth-order valence-electron chi connectivity index (χ4n) is 7.63. The first-order valence-corrected chi connectivity index (χ1v) is 15.6. The van der Waals surface area contributed by atoms with Gasteiger partial charge in [-0.2, -0.15) is 0 Å². The van der Waals surface area contributed by atoms with E-state index < -0.39 is 0 Å². The average molecular weight is 577 g/mol. The van der Waals surface area contributed by atoms with Crippen LogP contribution in [0.1, 0.15) is 11.5 Å². The van der Waals surface area contributed by atoms with Gasteiger partial charge in [-0.15, -0.1) is 0 Å². The van der Waals surface area contributed by atoms with E-state index in [1.54, 1.807) is 0 Å². The van der Waals surface area contributed by atoms with E-state index in [1.807, 2.05) is 0 Å². The summed E-state index contributed by atoms with van der Waals surface area (Å²) in [5.74, 6) is 1.11. The van der Waals surface area contributed by atoms with E-state index in [-0.39, 0.29) is 12.0 Å². The third kappa shape index (κ3) is 3.58. The van der Waals surface area contributed by atoms with Crippen LogP contribution in [0.2, 0.25) is 0 Å². The Morgan fingerprint density at radius 2 is 1.07 bits per heavy atom. The zero-order valence-corrected chi connectivity index (χ0v) is 24.5. The first kappa shape index (κ1) is 24.6. The fraction of sp³-hybridized carbons (Fsp3) is 0.0476. The molecule has 3 nitrogen and oxygen atoms in total. The minimum absolute atomic E-state index is 0.00146. The summed E-state index contributed by atoms with van der Waals surface area (Å²) in [6, 6.07) is 50.3. The molecule has 0 saturated carbocycles. The molecule has 0 amide bonds. The van der Waals surface area contributed by atoms with Gasteiger partial charge in [0, 0.05) is 44.4 Å². The van der Waals surface area contributed by atoms with Crippen molar-refractivity contribution in [3.63, 3.8) is 0 Å². The lowest BCUT2D eigenvalue weighted by Crippen LogP contribution is -2.18. The van der Waals surface area contributed by atoms with Crippen molar-refractivity contribution >= 4 is 49.3 Å². The van der Waals surface area contributed by atoms with Crippen LogP contribution in [0.15, 0.2) is 158 Å². The van der Waals surface area contributed by atoms with Crippen molar-refractivity contribution < 1.29 is 4.74 Å². The van der Waals surface area contributed by atoms with Gasteiger partial charge in [0.2, 0.25) is 0 Å². The van der Waals surface area contributed by atoms with Crippen LogP contribution in [0, 0.1) is 0 Å². The minimum atomic E-state index is -0.00146. The summed E-state index contributed by atoms with van der Waals surface area (Å²) < 4.78 is 11.2. The third-order valence-corrected chi connectivity index (χ3v) is 9.65. The lowest BCUT2D eigenvalue weighted by molar-refractivity contribution is 0.269. The van der Waals surface area contributed by atoms with Gasteiger partial charge in [-0.05, 0) is 84.0 Å². The number of aromatic nitrogens is 2. The Balaban J connectivity index is 1.10. The summed E-state index contributed by atoms with van der Waals surface area (Å²) in [5.41, 5.74) is 10.9. The maximum atomic E-state index is 6.48. The number of nitrogens with zero attached hydrogens (tertiary/aromatic N) is 2. The highest BCUT2D eigenvalue weighted by molar-refractivity contribution is 6.11. The molecule has 0 spiro atoms.